The van der Waals surface area contributed by atoms with Crippen LogP contribution >= 0.6 is 24.0 Å². The number of nitrogens with zero attached hydrogens (tertiary/aromatic N) is 3. The van der Waals surface area contributed by atoms with Crippen LogP contribution in [-0.2, 0) is 11.3 Å². The molecule has 0 spiro atoms. The van der Waals surface area contributed by atoms with Gasteiger partial charge >= 0.3 is 0 Å². The SMILES string of the molecule is CN=C(NCc1cccc(OCC(=O)N(C)C)c1)NCC1(N2CCCCC2)CCCCC1.I. The number of hydrogen-bond donors (Lipinski definition) is 2. The summed E-state index contributed by atoms with van der Waals surface area (Å²) in [6.07, 6.45) is 10.6. The number of hydrogen-bond acceptors (Lipinski definition) is 4. The molecule has 0 aromatic heterocycles. The van der Waals surface area contributed by atoms with Crippen LogP contribution in [0.2, 0.25) is 0 Å². The van der Waals surface area contributed by atoms with Crippen LogP contribution in [-0.4, -0.2) is 74.6 Å². The van der Waals surface area contributed by atoms with Gasteiger partial charge in [0.05, 0.1) is 0 Å². The molecule has 3 rings (SSSR count). The third-order valence-electron chi connectivity index (χ3n) is 6.84. The number of nitrogens with one attached hydrogen (secondary N) is 2. The maximum absolute atomic E-state index is 11.8. The van der Waals surface area contributed by atoms with E-state index in [-0.39, 0.29) is 42.0 Å². The normalized spacial score (nSPS) is 18.7. The first-order chi connectivity index (χ1) is 15.5. The standard InChI is InChI=1S/C25H41N5O2.HI/c1-26-24(27-18-21-11-10-12-22(17-21)32-19-23(31)29(2)3)28-20-25(13-6-4-7-14-25)30-15-8-5-9-16-30;/h10-12,17H,4-9,13-16,18-20H2,1-3H3,(H2,26,27,28);1H. The number of benzene rings is 1. The number of halogens is 1. The highest BCUT2D eigenvalue weighted by Gasteiger charge is 2.38. The smallest absolute Gasteiger partial charge is 0.259 e. The first-order valence-corrected chi connectivity index (χ1v) is 12.1. The molecule has 33 heavy (non-hydrogen) atoms. The van der Waals surface area contributed by atoms with Crippen molar-refractivity contribution in [2.45, 2.75) is 63.5 Å². The van der Waals surface area contributed by atoms with Gasteiger partial charge in [0.1, 0.15) is 5.75 Å². The first-order valence-electron chi connectivity index (χ1n) is 12.1. The maximum atomic E-state index is 11.8. The monoisotopic (exact) mass is 571 g/mol. The van der Waals surface area contributed by atoms with Gasteiger partial charge in [-0.25, -0.2) is 0 Å². The van der Waals surface area contributed by atoms with E-state index in [4.69, 9.17) is 4.74 Å². The second-order valence-corrected chi connectivity index (χ2v) is 9.34. The molecule has 0 radical (unpaired) electrons. The van der Waals surface area contributed by atoms with Crippen LogP contribution in [0.25, 0.3) is 0 Å². The quantitative estimate of drug-likeness (QED) is 0.284. The lowest BCUT2D eigenvalue weighted by Crippen LogP contribution is -2.59. The summed E-state index contributed by atoms with van der Waals surface area (Å²) < 4.78 is 5.64. The van der Waals surface area contributed by atoms with Crippen LogP contribution in [0.4, 0.5) is 0 Å². The highest BCUT2D eigenvalue weighted by atomic mass is 127. The fourth-order valence-corrected chi connectivity index (χ4v) is 4.86. The largest absolute Gasteiger partial charge is 0.484 e. The van der Waals surface area contributed by atoms with Crippen LogP contribution in [0.5, 0.6) is 5.75 Å². The minimum atomic E-state index is -0.0523. The molecule has 1 aliphatic carbocycles. The molecule has 7 nitrogen and oxygen atoms in total. The zero-order valence-electron chi connectivity index (χ0n) is 20.6. The van der Waals surface area contributed by atoms with Crippen molar-refractivity contribution < 1.29 is 9.53 Å². The predicted octanol–water partition coefficient (Wildman–Crippen LogP) is 3.63. The lowest BCUT2D eigenvalue weighted by atomic mass is 9.79. The number of guanidine groups is 1. The number of likely N-dealkylation sites (tertiary alicyclic amines) is 1. The fraction of sp³-hybridized carbons (Fsp3) is 0.680. The summed E-state index contributed by atoms with van der Waals surface area (Å²) in [4.78, 5) is 20.5. The number of piperidine rings is 1. The number of aliphatic imine (C=N–C) groups is 1. The van der Waals surface area contributed by atoms with Crippen molar-refractivity contribution in [3.05, 3.63) is 29.8 Å². The summed E-state index contributed by atoms with van der Waals surface area (Å²) >= 11 is 0. The summed E-state index contributed by atoms with van der Waals surface area (Å²) in [5.41, 5.74) is 1.36. The zero-order valence-corrected chi connectivity index (χ0v) is 22.9. The van der Waals surface area contributed by atoms with Crippen molar-refractivity contribution >= 4 is 35.8 Å². The molecule has 0 bridgehead atoms. The fourth-order valence-electron chi connectivity index (χ4n) is 4.86. The molecule has 2 aliphatic rings. The molecule has 1 aromatic rings. The molecule has 186 valence electrons. The summed E-state index contributed by atoms with van der Waals surface area (Å²) in [7, 11) is 5.29. The number of ether oxygens (including phenoxy) is 1. The first kappa shape index (κ1) is 27.7. The molecule has 1 heterocycles. The van der Waals surface area contributed by atoms with Crippen LogP contribution in [0, 0.1) is 0 Å². The Hall–Kier alpha value is -1.55. The van der Waals surface area contributed by atoms with Gasteiger partial charge in [-0.1, -0.05) is 37.8 Å². The van der Waals surface area contributed by atoms with Crippen molar-refractivity contribution in [2.24, 2.45) is 4.99 Å². The van der Waals surface area contributed by atoms with E-state index in [1.54, 1.807) is 14.1 Å². The summed E-state index contributed by atoms with van der Waals surface area (Å²) in [6, 6.07) is 7.86. The van der Waals surface area contributed by atoms with Gasteiger partial charge in [0.2, 0.25) is 0 Å². The Morgan fingerprint density at radius 3 is 2.45 bits per heavy atom. The van der Waals surface area contributed by atoms with Gasteiger partial charge < -0.3 is 20.3 Å². The van der Waals surface area contributed by atoms with Crippen LogP contribution < -0.4 is 15.4 Å². The van der Waals surface area contributed by atoms with E-state index in [2.05, 4.69) is 26.6 Å². The van der Waals surface area contributed by atoms with Crippen LogP contribution in [0.15, 0.2) is 29.3 Å². The van der Waals surface area contributed by atoms with E-state index in [9.17, 15) is 4.79 Å². The van der Waals surface area contributed by atoms with Gasteiger partial charge in [-0.2, -0.15) is 0 Å². The molecular formula is C25H42IN5O2. The number of likely N-dealkylation sites (N-methyl/N-ethyl adjacent to an activating group) is 1. The van der Waals surface area contributed by atoms with Crippen molar-refractivity contribution in [2.75, 3.05) is 47.4 Å². The van der Waals surface area contributed by atoms with E-state index in [0.717, 1.165) is 18.1 Å². The topological polar surface area (TPSA) is 69.2 Å². The van der Waals surface area contributed by atoms with Gasteiger partial charge in [0.25, 0.3) is 5.91 Å². The zero-order chi connectivity index (χ0) is 22.8. The van der Waals surface area contributed by atoms with Gasteiger partial charge in [0.15, 0.2) is 12.6 Å². The van der Waals surface area contributed by atoms with Gasteiger partial charge in [-0.05, 0) is 56.5 Å². The van der Waals surface area contributed by atoms with Crippen molar-refractivity contribution in [3.63, 3.8) is 0 Å². The molecule has 1 aliphatic heterocycles. The van der Waals surface area contributed by atoms with Crippen molar-refractivity contribution in [1.29, 1.82) is 0 Å². The lowest BCUT2D eigenvalue weighted by molar-refractivity contribution is -0.130. The van der Waals surface area contributed by atoms with E-state index < -0.39 is 0 Å². The molecule has 1 amide bonds. The average Bonchev–Trinajstić information content (AvgIpc) is 2.84. The highest BCUT2D eigenvalue weighted by molar-refractivity contribution is 14.0. The molecule has 8 heteroatoms. The van der Waals surface area contributed by atoms with E-state index in [0.29, 0.717) is 12.3 Å². The van der Waals surface area contributed by atoms with E-state index in [1.807, 2.05) is 25.2 Å². The Labute approximate surface area is 216 Å². The third-order valence-corrected chi connectivity index (χ3v) is 6.84. The second kappa shape index (κ2) is 14.0. The summed E-state index contributed by atoms with van der Waals surface area (Å²) in [5, 5.41) is 7.08. The number of rotatable bonds is 8. The second-order valence-electron chi connectivity index (χ2n) is 9.34. The number of amides is 1. The Morgan fingerprint density at radius 2 is 1.79 bits per heavy atom. The Morgan fingerprint density at radius 1 is 1.09 bits per heavy atom. The Bertz CT molecular complexity index is 759. The molecule has 0 unspecified atom stereocenters. The molecule has 2 fully saturated rings. The van der Waals surface area contributed by atoms with Gasteiger partial charge in [-0.3, -0.25) is 14.7 Å². The van der Waals surface area contributed by atoms with Gasteiger partial charge in [0, 0.05) is 39.8 Å². The van der Waals surface area contributed by atoms with Crippen molar-refractivity contribution in [1.82, 2.24) is 20.4 Å². The van der Waals surface area contributed by atoms with Gasteiger partial charge in [-0.15, -0.1) is 24.0 Å². The van der Waals surface area contributed by atoms with Crippen molar-refractivity contribution in [3.8, 4) is 5.75 Å². The molecule has 1 saturated carbocycles. The average molecular weight is 572 g/mol. The number of carbonyl (C=O) groups excluding carboxylic acids is 1. The molecule has 1 aromatic carbocycles. The molecule has 1 saturated heterocycles. The lowest BCUT2D eigenvalue weighted by Gasteiger charge is -2.48. The summed E-state index contributed by atoms with van der Waals surface area (Å²) in [6.45, 7) is 4.11. The molecular weight excluding hydrogens is 529 g/mol. The maximum Gasteiger partial charge on any atom is 0.259 e. The van der Waals surface area contributed by atoms with E-state index in [1.165, 1.54) is 69.4 Å². The minimum Gasteiger partial charge on any atom is -0.484 e. The number of carbonyl (C=O) groups is 1. The summed E-state index contributed by atoms with van der Waals surface area (Å²) in [5.74, 6) is 1.48. The minimum absolute atomic E-state index is 0. The molecule has 2 N–H and O–H groups in total. The van der Waals surface area contributed by atoms with Crippen LogP contribution in [0.1, 0.15) is 56.9 Å². The molecule has 0 atom stereocenters. The third kappa shape index (κ3) is 8.31. The van der Waals surface area contributed by atoms with E-state index >= 15 is 0 Å². The highest BCUT2D eigenvalue weighted by Crippen LogP contribution is 2.35. The Kier molecular flexibility index (Phi) is 11.7. The predicted molar refractivity (Wildman–Crippen MR) is 145 cm³/mol. The Balaban J connectivity index is 0.00000385. The van der Waals surface area contributed by atoms with Crippen LogP contribution in [0.3, 0.4) is 0 Å².